The number of ether oxygens (including phenoxy) is 2. The lowest BCUT2D eigenvalue weighted by Crippen LogP contribution is -2.41. The summed E-state index contributed by atoms with van der Waals surface area (Å²) in [5, 5.41) is 2.72. The Bertz CT molecular complexity index is 1770. The van der Waals surface area contributed by atoms with Gasteiger partial charge < -0.3 is 26.3 Å². The smallest absolute Gasteiger partial charge is 0.407 e. The fourth-order valence-corrected chi connectivity index (χ4v) is 7.28. The number of ketones is 1. The van der Waals surface area contributed by atoms with Crippen LogP contribution in [0.2, 0.25) is 0 Å². The van der Waals surface area contributed by atoms with Gasteiger partial charge in [-0.2, -0.15) is 0 Å². The minimum atomic E-state index is -0.794. The van der Waals surface area contributed by atoms with Crippen LogP contribution in [0.1, 0.15) is 121 Å². The second-order valence-corrected chi connectivity index (χ2v) is 17.1. The predicted octanol–water partition coefficient (Wildman–Crippen LogP) is 10.9. The van der Waals surface area contributed by atoms with Crippen LogP contribution < -0.4 is 16.8 Å². The van der Waals surface area contributed by atoms with Crippen molar-refractivity contribution in [2.45, 2.75) is 133 Å². The van der Waals surface area contributed by atoms with Gasteiger partial charge in [-0.05, 0) is 114 Å². The van der Waals surface area contributed by atoms with Gasteiger partial charge in [0.25, 0.3) is 0 Å². The number of allylic oxidation sites excluding steroid dienone is 20. The summed E-state index contributed by atoms with van der Waals surface area (Å²) in [5.74, 6) is -0.269. The summed E-state index contributed by atoms with van der Waals surface area (Å²) in [4.78, 5) is 37.7. The summed E-state index contributed by atoms with van der Waals surface area (Å²) in [6.07, 6.45) is 33.3. The molecule has 2 rings (SSSR count). The van der Waals surface area contributed by atoms with E-state index in [1.807, 2.05) is 50.3 Å². The first-order valence-corrected chi connectivity index (χ1v) is 21.0. The quantitative estimate of drug-likeness (QED) is 0.0634. The van der Waals surface area contributed by atoms with Crippen LogP contribution in [-0.2, 0) is 19.1 Å². The number of hydrogen-bond acceptors (Lipinski definition) is 7. The van der Waals surface area contributed by atoms with E-state index >= 15 is 0 Å². The highest BCUT2D eigenvalue weighted by Crippen LogP contribution is 2.43. The third-order valence-corrected chi connectivity index (χ3v) is 10.5. The Balaban J connectivity index is 1.92. The van der Waals surface area contributed by atoms with E-state index in [0.717, 1.165) is 66.4 Å². The third kappa shape index (κ3) is 17.9. The molecule has 0 aromatic rings. The average molecular weight is 796 g/mol. The van der Waals surface area contributed by atoms with Crippen LogP contribution in [0.4, 0.5) is 4.79 Å². The van der Waals surface area contributed by atoms with E-state index in [4.69, 9.17) is 20.9 Å². The van der Waals surface area contributed by atoms with E-state index in [9.17, 15) is 14.4 Å². The molecule has 8 heteroatoms. The zero-order valence-corrected chi connectivity index (χ0v) is 37.2. The van der Waals surface area contributed by atoms with Gasteiger partial charge >= 0.3 is 12.1 Å². The van der Waals surface area contributed by atoms with Crippen molar-refractivity contribution in [2.24, 2.45) is 22.3 Å². The van der Waals surface area contributed by atoms with Crippen LogP contribution in [0.25, 0.3) is 0 Å². The number of nitrogens with two attached hydrogens (primary N) is 2. The number of esters is 1. The Kier molecular flexibility index (Phi) is 21.4. The maximum Gasteiger partial charge on any atom is 0.407 e. The number of carbonyl (C=O) groups excluding carboxylic acids is 3. The Hall–Kier alpha value is -4.53. The second-order valence-electron chi connectivity index (χ2n) is 17.1. The lowest BCUT2D eigenvalue weighted by Gasteiger charge is -2.37. The molecule has 0 saturated carbocycles. The van der Waals surface area contributed by atoms with Crippen molar-refractivity contribution in [1.82, 2.24) is 5.32 Å². The van der Waals surface area contributed by atoms with Crippen LogP contribution >= 0.6 is 0 Å². The minimum absolute atomic E-state index is 0.0763. The number of carbonyl (C=O) groups is 3. The van der Waals surface area contributed by atoms with Crippen molar-refractivity contribution in [3.05, 3.63) is 130 Å². The standard InChI is InChI=1S/C50H73N3O5/c1-36(21-17-23-38(3)26-28-43-40(5)33-42(34-49(43,7)8)57-46(54)25-13-14-30-51)19-11-12-20-37(2)22-18-24-39(4)27-29-44-41(6)47(55)45(35-50(44,9)10)58-48(56)53-32-16-15-31-52/h11-12,17-24,26-29,42,45H,13-16,25,30-35,51-52H2,1-10H3,(H,53,56)/b12-11+,21-17+,22-18+,28-26+,29-27+,36-19+,37-20+,38-23+,39-24+. The molecule has 1 amide bonds. The molecule has 0 spiro atoms. The first-order chi connectivity index (χ1) is 27.4. The highest BCUT2D eigenvalue weighted by molar-refractivity contribution is 6.01. The SMILES string of the molecule is CC1=C(/C=C/C(C)=C/C=C/C(C)=C/C=C/C=C(C)/C=C/C=C(C)/C=C/C2=C(C)C(=O)C(OC(=O)NCCCCN)CC2(C)C)C(C)(C)CC(OC(=O)CCCCN)C1. The molecule has 58 heavy (non-hydrogen) atoms. The van der Waals surface area contributed by atoms with Crippen LogP contribution in [0.15, 0.2) is 130 Å². The number of nitrogens with one attached hydrogen (secondary N) is 1. The summed E-state index contributed by atoms with van der Waals surface area (Å²) in [5.41, 5.74) is 19.3. The summed E-state index contributed by atoms with van der Waals surface area (Å²) in [6, 6.07) is 0. The monoisotopic (exact) mass is 796 g/mol. The molecule has 0 aromatic carbocycles. The van der Waals surface area contributed by atoms with Crippen LogP contribution in [0, 0.1) is 10.8 Å². The predicted molar refractivity (Wildman–Crippen MR) is 242 cm³/mol. The molecule has 0 aliphatic heterocycles. The molecule has 318 valence electrons. The number of Topliss-reactive ketones (excluding diaryl/α,β-unsaturated/α-hetero) is 1. The first kappa shape index (κ1) is 49.6. The molecule has 0 fully saturated rings. The summed E-state index contributed by atoms with van der Waals surface area (Å²) in [7, 11) is 0. The fraction of sp³-hybridized carbons (Fsp3) is 0.500. The van der Waals surface area contributed by atoms with Crippen molar-refractivity contribution in [3.63, 3.8) is 0 Å². The number of alkyl carbamates (subject to hydrolysis) is 1. The molecule has 2 aliphatic carbocycles. The molecule has 5 N–H and O–H groups in total. The number of unbranched alkanes of at least 4 members (excludes halogenated alkanes) is 2. The number of rotatable bonds is 20. The van der Waals surface area contributed by atoms with Crippen LogP contribution in [0.5, 0.6) is 0 Å². The van der Waals surface area contributed by atoms with Gasteiger partial charge in [-0.25, -0.2) is 4.79 Å². The molecule has 2 unspecified atom stereocenters. The number of amides is 1. The lowest BCUT2D eigenvalue weighted by molar-refractivity contribution is -0.150. The van der Waals surface area contributed by atoms with Crippen molar-refractivity contribution in [3.8, 4) is 0 Å². The van der Waals surface area contributed by atoms with Gasteiger partial charge in [0.15, 0.2) is 11.9 Å². The van der Waals surface area contributed by atoms with E-state index in [1.165, 1.54) is 11.1 Å². The second kappa shape index (κ2) is 25.1. The minimum Gasteiger partial charge on any atom is -0.462 e. The van der Waals surface area contributed by atoms with Crippen LogP contribution in [0.3, 0.4) is 0 Å². The summed E-state index contributed by atoms with van der Waals surface area (Å²) < 4.78 is 11.3. The normalized spacial score (nSPS) is 21.1. The van der Waals surface area contributed by atoms with Gasteiger partial charge in [-0.3, -0.25) is 9.59 Å². The topological polar surface area (TPSA) is 134 Å². The van der Waals surface area contributed by atoms with Crippen molar-refractivity contribution in [2.75, 3.05) is 19.6 Å². The molecule has 2 atom stereocenters. The van der Waals surface area contributed by atoms with E-state index < -0.39 is 12.2 Å². The zero-order valence-electron chi connectivity index (χ0n) is 37.2. The maximum atomic E-state index is 13.1. The lowest BCUT2D eigenvalue weighted by atomic mass is 9.71. The molecule has 0 radical (unpaired) electrons. The molecule has 0 bridgehead atoms. The molecule has 8 nitrogen and oxygen atoms in total. The highest BCUT2D eigenvalue weighted by Gasteiger charge is 2.40. The Morgan fingerprint density at radius 1 is 0.690 bits per heavy atom. The van der Waals surface area contributed by atoms with E-state index in [2.05, 4.69) is 109 Å². The van der Waals surface area contributed by atoms with Gasteiger partial charge in [0.05, 0.1) is 0 Å². The molecule has 2 aliphatic rings. The molecule has 0 heterocycles. The largest absolute Gasteiger partial charge is 0.462 e. The highest BCUT2D eigenvalue weighted by atomic mass is 16.6. The van der Waals surface area contributed by atoms with Crippen molar-refractivity contribution < 1.29 is 23.9 Å². The number of hydrogen-bond donors (Lipinski definition) is 3. The first-order valence-electron chi connectivity index (χ1n) is 21.0. The van der Waals surface area contributed by atoms with Crippen LogP contribution in [-0.4, -0.2) is 49.7 Å². The van der Waals surface area contributed by atoms with E-state index in [0.29, 0.717) is 38.0 Å². The van der Waals surface area contributed by atoms with E-state index in [-0.39, 0.29) is 28.7 Å². The zero-order chi connectivity index (χ0) is 43.3. The summed E-state index contributed by atoms with van der Waals surface area (Å²) >= 11 is 0. The molecule has 0 aromatic heterocycles. The van der Waals surface area contributed by atoms with Crippen molar-refractivity contribution in [1.29, 1.82) is 0 Å². The third-order valence-electron chi connectivity index (χ3n) is 10.5. The Labute approximate surface area is 350 Å². The maximum absolute atomic E-state index is 13.1. The molecular formula is C50H73N3O5. The van der Waals surface area contributed by atoms with Gasteiger partial charge in [0.1, 0.15) is 6.10 Å². The van der Waals surface area contributed by atoms with Gasteiger partial charge in [0, 0.05) is 25.8 Å². The van der Waals surface area contributed by atoms with E-state index in [1.54, 1.807) is 0 Å². The molecule has 0 saturated heterocycles. The Morgan fingerprint density at radius 2 is 1.19 bits per heavy atom. The Morgan fingerprint density at radius 3 is 1.74 bits per heavy atom. The van der Waals surface area contributed by atoms with Gasteiger partial charge in [0.2, 0.25) is 0 Å². The van der Waals surface area contributed by atoms with Gasteiger partial charge in [-0.15, -0.1) is 0 Å². The fourth-order valence-electron chi connectivity index (χ4n) is 7.28. The summed E-state index contributed by atoms with van der Waals surface area (Å²) in [6.45, 7) is 22.5. The average Bonchev–Trinajstić information content (AvgIpc) is 3.13. The van der Waals surface area contributed by atoms with Gasteiger partial charge in [-0.1, -0.05) is 141 Å². The molecular weight excluding hydrogens is 723 g/mol. The van der Waals surface area contributed by atoms with Crippen molar-refractivity contribution >= 4 is 17.8 Å².